The molecule has 2 heterocycles. The number of fused-ring (bicyclic) bond motifs is 1. The number of amides is 1. The van der Waals surface area contributed by atoms with Gasteiger partial charge in [0.1, 0.15) is 6.04 Å². The predicted octanol–water partition coefficient (Wildman–Crippen LogP) is 2.08. The highest BCUT2D eigenvalue weighted by atomic mass is 32.1. The molecule has 0 radical (unpaired) electrons. The van der Waals surface area contributed by atoms with Gasteiger partial charge in [-0.15, -0.1) is 11.3 Å². The molecule has 1 aromatic heterocycles. The largest absolute Gasteiger partial charge is 0.480 e. The molecule has 120 valence electrons. The highest BCUT2D eigenvalue weighted by molar-refractivity contribution is 7.09. The number of nitrogens with zero attached hydrogens (tertiary/aromatic N) is 1. The number of aliphatic carboxylic acids is 1. The van der Waals surface area contributed by atoms with Gasteiger partial charge in [-0.25, -0.2) is 0 Å². The second kappa shape index (κ2) is 6.79. The van der Waals surface area contributed by atoms with E-state index in [1.165, 1.54) is 6.42 Å². The number of carbonyl (C=O) groups is 2. The van der Waals surface area contributed by atoms with Gasteiger partial charge in [-0.3, -0.25) is 14.5 Å². The number of hydrogen-bond acceptors (Lipinski definition) is 4. The summed E-state index contributed by atoms with van der Waals surface area (Å²) < 4.78 is 0. The molecule has 0 unspecified atom stereocenters. The summed E-state index contributed by atoms with van der Waals surface area (Å²) in [6, 6.07) is 3.71. The van der Waals surface area contributed by atoms with Crippen LogP contribution in [0.25, 0.3) is 0 Å². The summed E-state index contributed by atoms with van der Waals surface area (Å²) in [6.45, 7) is 0.722. The summed E-state index contributed by atoms with van der Waals surface area (Å²) in [7, 11) is 0. The minimum Gasteiger partial charge on any atom is -0.480 e. The maximum absolute atomic E-state index is 12.2. The molecule has 2 aliphatic rings. The molecular weight excluding hydrogens is 300 g/mol. The second-order valence-electron chi connectivity index (χ2n) is 6.23. The van der Waals surface area contributed by atoms with E-state index >= 15 is 0 Å². The van der Waals surface area contributed by atoms with Crippen molar-refractivity contribution in [2.45, 2.75) is 50.7 Å². The van der Waals surface area contributed by atoms with E-state index in [0.29, 0.717) is 18.9 Å². The number of carboxylic acids is 1. The minimum atomic E-state index is -0.791. The van der Waals surface area contributed by atoms with E-state index < -0.39 is 12.0 Å². The Morgan fingerprint density at radius 3 is 2.91 bits per heavy atom. The Hall–Kier alpha value is -1.40. The molecule has 1 amide bonds. The van der Waals surface area contributed by atoms with E-state index in [1.54, 1.807) is 11.3 Å². The van der Waals surface area contributed by atoms with Gasteiger partial charge in [-0.1, -0.05) is 18.9 Å². The Bertz CT molecular complexity index is 532. The molecule has 1 saturated carbocycles. The van der Waals surface area contributed by atoms with Crippen LogP contribution in [0.1, 0.15) is 37.0 Å². The number of likely N-dealkylation sites (tertiary alicyclic amines) is 1. The summed E-state index contributed by atoms with van der Waals surface area (Å²) in [5.74, 6) is -0.425. The van der Waals surface area contributed by atoms with Gasteiger partial charge in [-0.2, -0.15) is 0 Å². The predicted molar refractivity (Wildman–Crippen MR) is 84.7 cm³/mol. The van der Waals surface area contributed by atoms with Gasteiger partial charge >= 0.3 is 5.97 Å². The second-order valence-corrected chi connectivity index (χ2v) is 7.26. The van der Waals surface area contributed by atoms with E-state index in [9.17, 15) is 14.7 Å². The van der Waals surface area contributed by atoms with E-state index in [0.717, 1.165) is 24.1 Å². The van der Waals surface area contributed by atoms with Crippen LogP contribution in [0.15, 0.2) is 17.5 Å². The van der Waals surface area contributed by atoms with Crippen molar-refractivity contribution in [1.82, 2.24) is 10.2 Å². The minimum absolute atomic E-state index is 0.0779. The topological polar surface area (TPSA) is 69.6 Å². The summed E-state index contributed by atoms with van der Waals surface area (Å²) in [5, 5.41) is 14.3. The van der Waals surface area contributed by atoms with Crippen LogP contribution in [-0.2, 0) is 16.1 Å². The highest BCUT2D eigenvalue weighted by Crippen LogP contribution is 2.39. The van der Waals surface area contributed by atoms with Gasteiger partial charge in [0.2, 0.25) is 5.91 Å². The van der Waals surface area contributed by atoms with Crippen molar-refractivity contribution in [3.63, 3.8) is 0 Å². The van der Waals surface area contributed by atoms with Crippen LogP contribution >= 0.6 is 11.3 Å². The lowest BCUT2D eigenvalue weighted by molar-refractivity contribution is -0.143. The molecule has 3 rings (SSSR count). The van der Waals surface area contributed by atoms with Crippen molar-refractivity contribution in [2.24, 2.45) is 5.92 Å². The van der Waals surface area contributed by atoms with Crippen molar-refractivity contribution >= 4 is 23.2 Å². The molecule has 22 heavy (non-hydrogen) atoms. The zero-order valence-electron chi connectivity index (χ0n) is 12.5. The molecule has 0 spiro atoms. The number of thiophene rings is 1. The van der Waals surface area contributed by atoms with Crippen molar-refractivity contribution in [1.29, 1.82) is 0 Å². The van der Waals surface area contributed by atoms with Crippen LogP contribution in [0.4, 0.5) is 0 Å². The van der Waals surface area contributed by atoms with Gasteiger partial charge < -0.3 is 10.4 Å². The maximum Gasteiger partial charge on any atom is 0.320 e. The average molecular weight is 322 g/mol. The SMILES string of the molecule is O=C(CN1[C@@H]2CCCC[C@H]2C[C@H]1C(=O)O)NCc1cccs1. The van der Waals surface area contributed by atoms with Crippen molar-refractivity contribution in [3.05, 3.63) is 22.4 Å². The zero-order valence-corrected chi connectivity index (χ0v) is 13.3. The monoisotopic (exact) mass is 322 g/mol. The van der Waals surface area contributed by atoms with Gasteiger partial charge in [0.25, 0.3) is 0 Å². The normalized spacial score (nSPS) is 28.3. The molecule has 6 heteroatoms. The standard InChI is InChI=1S/C16H22N2O3S/c19-15(17-9-12-5-3-7-22-12)10-18-13-6-2-1-4-11(13)8-14(18)16(20)21/h3,5,7,11,13-14H,1-2,4,6,8-10H2,(H,17,19)(H,20,21)/t11-,13+,14-/m0/s1. The fourth-order valence-electron chi connectivity index (χ4n) is 3.84. The molecule has 0 aromatic carbocycles. The van der Waals surface area contributed by atoms with Crippen LogP contribution in [0, 0.1) is 5.92 Å². The summed E-state index contributed by atoms with van der Waals surface area (Å²) >= 11 is 1.61. The molecule has 1 saturated heterocycles. The first-order valence-corrected chi connectivity index (χ1v) is 8.80. The van der Waals surface area contributed by atoms with E-state index in [2.05, 4.69) is 5.32 Å². The Morgan fingerprint density at radius 1 is 1.36 bits per heavy atom. The molecule has 1 aliphatic carbocycles. The van der Waals surface area contributed by atoms with Gasteiger partial charge in [0, 0.05) is 10.9 Å². The van der Waals surface area contributed by atoms with Crippen molar-refractivity contribution < 1.29 is 14.7 Å². The van der Waals surface area contributed by atoms with Crippen LogP contribution in [0.5, 0.6) is 0 Å². The Kier molecular flexibility index (Phi) is 4.78. The van der Waals surface area contributed by atoms with Crippen LogP contribution in [-0.4, -0.2) is 40.5 Å². The van der Waals surface area contributed by atoms with Crippen LogP contribution < -0.4 is 5.32 Å². The average Bonchev–Trinajstić information content (AvgIpc) is 3.13. The molecule has 1 aromatic rings. The fourth-order valence-corrected chi connectivity index (χ4v) is 4.49. The molecule has 2 N–H and O–H groups in total. The lowest BCUT2D eigenvalue weighted by atomic mass is 9.85. The number of carboxylic acid groups (broad SMARTS) is 1. The first kappa shape index (κ1) is 15.5. The van der Waals surface area contributed by atoms with E-state index in [4.69, 9.17) is 0 Å². The van der Waals surface area contributed by atoms with Gasteiger partial charge in [-0.05, 0) is 36.6 Å². The number of rotatable bonds is 5. The molecule has 3 atom stereocenters. The first-order chi connectivity index (χ1) is 10.6. The first-order valence-electron chi connectivity index (χ1n) is 7.93. The lowest BCUT2D eigenvalue weighted by Gasteiger charge is -2.32. The number of hydrogen-bond donors (Lipinski definition) is 2. The maximum atomic E-state index is 12.2. The number of carbonyl (C=O) groups excluding carboxylic acids is 1. The third-order valence-corrected chi connectivity index (χ3v) is 5.75. The van der Waals surface area contributed by atoms with Crippen LogP contribution in [0.3, 0.4) is 0 Å². The fraction of sp³-hybridized carbons (Fsp3) is 0.625. The van der Waals surface area contributed by atoms with Gasteiger partial charge in [0.15, 0.2) is 0 Å². The summed E-state index contributed by atoms with van der Waals surface area (Å²) in [4.78, 5) is 26.7. The van der Waals surface area contributed by atoms with Crippen LogP contribution in [0.2, 0.25) is 0 Å². The molecule has 1 aliphatic heterocycles. The lowest BCUT2D eigenvalue weighted by Crippen LogP contribution is -2.47. The third kappa shape index (κ3) is 3.33. The summed E-state index contributed by atoms with van der Waals surface area (Å²) in [6.07, 6.45) is 5.14. The molecule has 0 bridgehead atoms. The quantitative estimate of drug-likeness (QED) is 0.871. The van der Waals surface area contributed by atoms with E-state index in [-0.39, 0.29) is 18.5 Å². The third-order valence-electron chi connectivity index (χ3n) is 4.87. The Labute approximate surface area is 134 Å². The van der Waals surface area contributed by atoms with E-state index in [1.807, 2.05) is 22.4 Å². The molecule has 5 nitrogen and oxygen atoms in total. The number of nitrogens with one attached hydrogen (secondary N) is 1. The van der Waals surface area contributed by atoms with Gasteiger partial charge in [0.05, 0.1) is 13.1 Å². The summed E-state index contributed by atoms with van der Waals surface area (Å²) in [5.41, 5.74) is 0. The molecular formula is C16H22N2O3S. The highest BCUT2D eigenvalue weighted by Gasteiger charge is 2.45. The Morgan fingerprint density at radius 2 is 2.18 bits per heavy atom. The Balaban J connectivity index is 1.60. The zero-order chi connectivity index (χ0) is 15.5. The van der Waals surface area contributed by atoms with Crippen molar-refractivity contribution in [3.8, 4) is 0 Å². The molecule has 2 fully saturated rings. The smallest absolute Gasteiger partial charge is 0.320 e. The van der Waals surface area contributed by atoms with Crippen molar-refractivity contribution in [2.75, 3.05) is 6.54 Å².